The molecule has 3 nitrogen and oxygen atoms in total. The Kier molecular flexibility index (Phi) is 4.04. The van der Waals surface area contributed by atoms with E-state index in [0.29, 0.717) is 4.90 Å². The van der Waals surface area contributed by atoms with Gasteiger partial charge in [-0.05, 0) is 31.2 Å². The molecule has 1 aromatic carbocycles. The summed E-state index contributed by atoms with van der Waals surface area (Å²) >= 11 is 4.82. The highest BCUT2D eigenvalue weighted by molar-refractivity contribution is 9.10. The smallest absolute Gasteiger partial charge is 0.338 e. The molecular formula is C13H10BrNO2S. The molecule has 0 saturated carbocycles. The standard InChI is InChI=1S/C13H10BrNO2S/c1-8-5-12(11(7-15-8)13(16)17)18-10-4-2-3-9(14)6-10/h2-7H,1H3,(H,16,17). The fourth-order valence-corrected chi connectivity index (χ4v) is 3.05. The first-order chi connectivity index (χ1) is 8.56. The van der Waals surface area contributed by atoms with Crippen LogP contribution in [-0.4, -0.2) is 16.1 Å². The molecule has 0 bridgehead atoms. The zero-order chi connectivity index (χ0) is 13.1. The molecule has 2 aromatic rings. The summed E-state index contributed by atoms with van der Waals surface area (Å²) in [4.78, 5) is 16.8. The lowest BCUT2D eigenvalue weighted by molar-refractivity contribution is 0.0692. The Balaban J connectivity index is 2.39. The number of aryl methyl sites for hydroxylation is 1. The maximum Gasteiger partial charge on any atom is 0.338 e. The molecule has 0 unspecified atom stereocenters. The van der Waals surface area contributed by atoms with Gasteiger partial charge in [0.2, 0.25) is 0 Å². The van der Waals surface area contributed by atoms with Crippen LogP contribution in [-0.2, 0) is 0 Å². The number of nitrogens with zero attached hydrogens (tertiary/aromatic N) is 1. The highest BCUT2D eigenvalue weighted by Gasteiger charge is 2.12. The first kappa shape index (κ1) is 13.1. The fourth-order valence-electron chi connectivity index (χ4n) is 1.44. The quantitative estimate of drug-likeness (QED) is 0.927. The average Bonchev–Trinajstić information content (AvgIpc) is 2.28. The summed E-state index contributed by atoms with van der Waals surface area (Å²) in [6.45, 7) is 1.84. The van der Waals surface area contributed by atoms with Gasteiger partial charge < -0.3 is 5.11 Å². The van der Waals surface area contributed by atoms with Gasteiger partial charge in [0.15, 0.2) is 0 Å². The lowest BCUT2D eigenvalue weighted by atomic mass is 10.2. The molecule has 0 aliphatic rings. The molecule has 5 heteroatoms. The number of carbonyl (C=O) groups is 1. The summed E-state index contributed by atoms with van der Waals surface area (Å²) in [5.41, 5.74) is 1.03. The van der Waals surface area contributed by atoms with Gasteiger partial charge in [0.1, 0.15) is 0 Å². The number of hydrogen-bond acceptors (Lipinski definition) is 3. The summed E-state index contributed by atoms with van der Waals surface area (Å²) in [5, 5.41) is 9.13. The van der Waals surface area contributed by atoms with E-state index >= 15 is 0 Å². The number of aromatic nitrogens is 1. The molecule has 0 saturated heterocycles. The molecule has 0 atom stereocenters. The van der Waals surface area contributed by atoms with Crippen LogP contribution < -0.4 is 0 Å². The zero-order valence-corrected chi connectivity index (χ0v) is 12.0. The second kappa shape index (κ2) is 5.54. The van der Waals surface area contributed by atoms with E-state index in [-0.39, 0.29) is 5.56 Å². The van der Waals surface area contributed by atoms with Gasteiger partial charge in [-0.25, -0.2) is 4.79 Å². The molecule has 1 heterocycles. The van der Waals surface area contributed by atoms with Crippen LogP contribution in [0.1, 0.15) is 16.1 Å². The Bertz CT molecular complexity index is 601. The maximum absolute atomic E-state index is 11.1. The van der Waals surface area contributed by atoms with E-state index in [4.69, 9.17) is 5.11 Å². The molecule has 0 fully saturated rings. The van der Waals surface area contributed by atoms with Crippen molar-refractivity contribution in [2.24, 2.45) is 0 Å². The topological polar surface area (TPSA) is 50.2 Å². The molecule has 0 spiro atoms. The SMILES string of the molecule is Cc1cc(Sc2cccc(Br)c2)c(C(=O)O)cn1. The van der Waals surface area contributed by atoms with Crippen molar-refractivity contribution in [2.45, 2.75) is 16.7 Å². The second-order valence-corrected chi connectivity index (χ2v) is 5.72. The minimum Gasteiger partial charge on any atom is -0.478 e. The summed E-state index contributed by atoms with van der Waals surface area (Å²) in [5.74, 6) is -0.958. The van der Waals surface area contributed by atoms with Gasteiger partial charge in [0, 0.05) is 26.2 Å². The van der Waals surface area contributed by atoms with Crippen molar-refractivity contribution in [3.05, 3.63) is 52.3 Å². The molecule has 0 aliphatic carbocycles. The van der Waals surface area contributed by atoms with Crippen LogP contribution in [0.25, 0.3) is 0 Å². The number of hydrogen-bond donors (Lipinski definition) is 1. The number of rotatable bonds is 3. The number of pyridine rings is 1. The van der Waals surface area contributed by atoms with Gasteiger partial charge in [-0.15, -0.1) is 0 Å². The van der Waals surface area contributed by atoms with E-state index in [1.165, 1.54) is 18.0 Å². The van der Waals surface area contributed by atoms with Gasteiger partial charge in [-0.3, -0.25) is 4.98 Å². The van der Waals surface area contributed by atoms with E-state index < -0.39 is 5.97 Å². The number of halogens is 1. The zero-order valence-electron chi connectivity index (χ0n) is 9.55. The van der Waals surface area contributed by atoms with E-state index in [1.807, 2.05) is 31.2 Å². The highest BCUT2D eigenvalue weighted by Crippen LogP contribution is 2.32. The van der Waals surface area contributed by atoms with Crippen LogP contribution in [0.4, 0.5) is 0 Å². The van der Waals surface area contributed by atoms with Crippen LogP contribution in [0.5, 0.6) is 0 Å². The van der Waals surface area contributed by atoms with Crippen molar-refractivity contribution >= 4 is 33.7 Å². The van der Waals surface area contributed by atoms with Crippen molar-refractivity contribution in [2.75, 3.05) is 0 Å². The number of benzene rings is 1. The monoisotopic (exact) mass is 323 g/mol. The third-order valence-electron chi connectivity index (χ3n) is 2.26. The molecule has 2 rings (SSSR count). The molecule has 18 heavy (non-hydrogen) atoms. The van der Waals surface area contributed by atoms with Crippen LogP contribution in [0, 0.1) is 6.92 Å². The minimum absolute atomic E-state index is 0.227. The highest BCUT2D eigenvalue weighted by atomic mass is 79.9. The third-order valence-corrected chi connectivity index (χ3v) is 3.80. The first-order valence-electron chi connectivity index (χ1n) is 5.19. The summed E-state index contributed by atoms with van der Waals surface area (Å²) in [7, 11) is 0. The fraction of sp³-hybridized carbons (Fsp3) is 0.0769. The maximum atomic E-state index is 11.1. The van der Waals surface area contributed by atoms with Crippen molar-refractivity contribution in [3.63, 3.8) is 0 Å². The predicted octanol–water partition coefficient (Wildman–Crippen LogP) is 4.00. The Morgan fingerprint density at radius 2 is 2.17 bits per heavy atom. The Labute approximate surface area is 117 Å². The first-order valence-corrected chi connectivity index (χ1v) is 6.80. The molecule has 1 aromatic heterocycles. The largest absolute Gasteiger partial charge is 0.478 e. The van der Waals surface area contributed by atoms with Crippen LogP contribution >= 0.6 is 27.7 Å². The van der Waals surface area contributed by atoms with Gasteiger partial charge in [-0.2, -0.15) is 0 Å². The van der Waals surface area contributed by atoms with Crippen LogP contribution in [0.15, 0.2) is 50.8 Å². The van der Waals surface area contributed by atoms with Crippen molar-refractivity contribution in [1.29, 1.82) is 0 Å². The molecule has 1 N–H and O–H groups in total. The second-order valence-electron chi connectivity index (χ2n) is 3.69. The molecular weight excluding hydrogens is 314 g/mol. The molecule has 0 radical (unpaired) electrons. The van der Waals surface area contributed by atoms with E-state index in [1.54, 1.807) is 6.07 Å². The summed E-state index contributed by atoms with van der Waals surface area (Å²) in [6.07, 6.45) is 1.40. The Morgan fingerprint density at radius 3 is 2.83 bits per heavy atom. The van der Waals surface area contributed by atoms with Gasteiger partial charge in [0.25, 0.3) is 0 Å². The third kappa shape index (κ3) is 3.11. The Morgan fingerprint density at radius 1 is 1.39 bits per heavy atom. The number of aromatic carboxylic acids is 1. The minimum atomic E-state index is -0.958. The lowest BCUT2D eigenvalue weighted by Crippen LogP contribution is -2.00. The number of carboxylic acid groups (broad SMARTS) is 1. The Hall–Kier alpha value is -1.33. The van der Waals surface area contributed by atoms with Crippen molar-refractivity contribution in [1.82, 2.24) is 4.98 Å². The molecule has 0 aliphatic heterocycles. The van der Waals surface area contributed by atoms with E-state index in [2.05, 4.69) is 20.9 Å². The normalized spacial score (nSPS) is 10.3. The number of carboxylic acids is 1. The van der Waals surface area contributed by atoms with E-state index in [0.717, 1.165) is 15.1 Å². The van der Waals surface area contributed by atoms with Gasteiger partial charge >= 0.3 is 5.97 Å². The summed E-state index contributed by atoms with van der Waals surface area (Å²) < 4.78 is 0.968. The van der Waals surface area contributed by atoms with Gasteiger partial charge in [-0.1, -0.05) is 33.8 Å². The lowest BCUT2D eigenvalue weighted by Gasteiger charge is -2.06. The van der Waals surface area contributed by atoms with E-state index in [9.17, 15) is 4.79 Å². The summed E-state index contributed by atoms with van der Waals surface area (Å²) in [6, 6.07) is 9.53. The molecule has 92 valence electrons. The van der Waals surface area contributed by atoms with Crippen molar-refractivity contribution < 1.29 is 9.90 Å². The van der Waals surface area contributed by atoms with Crippen LogP contribution in [0.2, 0.25) is 0 Å². The molecule has 0 amide bonds. The van der Waals surface area contributed by atoms with Crippen LogP contribution in [0.3, 0.4) is 0 Å². The average molecular weight is 324 g/mol. The van der Waals surface area contributed by atoms with Crippen molar-refractivity contribution in [3.8, 4) is 0 Å². The van der Waals surface area contributed by atoms with Gasteiger partial charge in [0.05, 0.1) is 5.56 Å². The predicted molar refractivity (Wildman–Crippen MR) is 74.2 cm³/mol.